The van der Waals surface area contributed by atoms with Crippen molar-refractivity contribution >= 4 is 173 Å². The zero-order chi connectivity index (χ0) is 74.0. The second-order valence-electron chi connectivity index (χ2n) is 17.8. The molecule has 0 unspecified atom stereocenters. The quantitative estimate of drug-likeness (QED) is 0.0118. The molecule has 0 atom stereocenters. The minimum atomic E-state index is -4.67. The van der Waals surface area contributed by atoms with Crippen molar-refractivity contribution < 1.29 is 124 Å². The van der Waals surface area contributed by atoms with E-state index in [0.717, 1.165) is 87.2 Å². The molecule has 0 radical (unpaired) electrons. The number of ether oxygens (including phenoxy) is 2. The summed E-state index contributed by atoms with van der Waals surface area (Å²) < 4.78 is 159. The number of nitrogens with zero attached hydrogens (tertiary/aromatic N) is 14. The second kappa shape index (κ2) is 40.4. The van der Waals surface area contributed by atoms with Gasteiger partial charge in [0.05, 0.1) is 35.5 Å². The summed E-state index contributed by atoms with van der Waals surface area (Å²) in [5.74, 6) is 1.99. The number of aromatic nitrogens is 15. The molecule has 0 saturated heterocycles. The van der Waals surface area contributed by atoms with Crippen LogP contribution in [-0.4, -0.2) is 145 Å². The fraction of sp³-hybridized carbons (Fsp3) is 0.208. The van der Waals surface area contributed by atoms with Gasteiger partial charge in [-0.3, -0.25) is 14.5 Å². The number of alkyl halides is 15. The molecule has 0 bridgehead atoms. The molecule has 26 nitrogen and oxygen atoms in total. The molecule has 0 aliphatic heterocycles. The van der Waals surface area contributed by atoms with E-state index in [1.54, 1.807) is 61.6 Å². The third kappa shape index (κ3) is 28.9. The lowest BCUT2D eigenvalue weighted by atomic mass is 10.2. The van der Waals surface area contributed by atoms with Crippen molar-refractivity contribution in [2.45, 2.75) is 43.8 Å². The van der Waals surface area contributed by atoms with Gasteiger partial charge in [-0.15, -0.1) is 20.4 Å². The van der Waals surface area contributed by atoms with Gasteiger partial charge < -0.3 is 37.3 Å². The first kappa shape index (κ1) is 85.0. The molecule has 548 valence electrons. The molecule has 102 heavy (non-hydrogen) atoms. The van der Waals surface area contributed by atoms with Crippen LogP contribution in [0.1, 0.15) is 22.3 Å². The van der Waals surface area contributed by atoms with Crippen LogP contribution in [0.5, 0.6) is 0 Å². The van der Waals surface area contributed by atoms with Gasteiger partial charge in [-0.1, -0.05) is 63.9 Å². The van der Waals surface area contributed by atoms with Gasteiger partial charge in [0.2, 0.25) is 5.03 Å². The SMILES string of the molecule is O=C(Cl)OC(Cl)(Cl)Cl.O=C(OCCSSc1ccccn1)On1nnc2ccc(C(F)(F)F)cc21.O=C(On1nnc2ccc(C(F)(F)F)cc21)On1nnc2ccc(C(F)(F)F)cc21.OCCSSc1cccc[nH+]1.OCCSSc1ccccn1.On1nnc2ccc(C(F)(F)F)cc21.[Cl-]. The predicted molar refractivity (Wildman–Crippen MR) is 347 cm³/mol. The first-order valence-corrected chi connectivity index (χ1v) is 35.2. The molecule has 0 saturated carbocycles. The lowest BCUT2D eigenvalue weighted by Gasteiger charge is -2.08. The van der Waals surface area contributed by atoms with Crippen molar-refractivity contribution in [3.05, 3.63) is 168 Å². The molecular weight excluding hydrogens is 1620 g/mol. The lowest BCUT2D eigenvalue weighted by molar-refractivity contribution is -0.426. The number of rotatable bonds is 16. The van der Waals surface area contributed by atoms with Crippen LogP contribution >= 0.6 is 111 Å². The van der Waals surface area contributed by atoms with E-state index in [4.69, 9.17) is 59.8 Å². The first-order valence-electron chi connectivity index (χ1n) is 26.7. The third-order valence-corrected chi connectivity index (χ3v) is 17.9. The molecule has 7 aromatic heterocycles. The van der Waals surface area contributed by atoms with Crippen LogP contribution in [0.2, 0.25) is 0 Å². The highest BCUT2D eigenvalue weighted by Crippen LogP contribution is 2.36. The fourth-order valence-electron chi connectivity index (χ4n) is 6.62. The standard InChI is InChI=1S/C15H6F6N6O3.C15H11F3N4O3S2.C7H4F3N3O.2C7H9NOS2.C2Cl4O2.ClH/c16-14(17,18)7-1-3-9-11(5-7)26(24-22-9)29-13(28)30-27-12-6-8(15(19,20)21)2-4-10(12)23-25-27;16-15(17,18)10-4-5-11-12(9-10)22(21-20-11)25-14(23)24-7-8-26-27-13-3-1-2-6-19-13;8-7(9,10)4-1-2-5-6(3-4)13(14)12-11-5;2*9-5-6-10-11-7-3-1-2-4-8-7;3-1(7)8-2(4,5)6;/h1-6H;1-6,9H,7-8H2;1-3,14H;2*1-4,9H,5-6H2;;1H. The van der Waals surface area contributed by atoms with E-state index in [-0.39, 0.29) is 76.4 Å². The molecule has 7 heterocycles. The number of H-pyrrole nitrogens is 1. The van der Waals surface area contributed by atoms with Gasteiger partial charge in [-0.05, 0) is 180 Å². The predicted octanol–water partition coefficient (Wildman–Crippen LogP) is 11.2. The van der Waals surface area contributed by atoms with Gasteiger partial charge in [0.25, 0.3) is 0 Å². The van der Waals surface area contributed by atoms with Crippen LogP contribution in [0.15, 0.2) is 161 Å². The van der Waals surface area contributed by atoms with Crippen LogP contribution in [0, 0.1) is 0 Å². The summed E-state index contributed by atoms with van der Waals surface area (Å²) >= 11 is 19.4. The highest BCUT2D eigenvalue weighted by molar-refractivity contribution is 8.77. The number of aliphatic hydroxyl groups is 2. The summed E-state index contributed by atoms with van der Waals surface area (Å²) in [5.41, 5.74) is -5.43. The first-order chi connectivity index (χ1) is 47.7. The molecule has 0 aliphatic rings. The number of hydrogen-bond acceptors (Lipinski definition) is 27. The molecule has 49 heteroatoms. The minimum absolute atomic E-state index is 0. The zero-order valence-electron chi connectivity index (χ0n) is 49.8. The minimum Gasteiger partial charge on any atom is -1.00 e. The van der Waals surface area contributed by atoms with Crippen molar-refractivity contribution in [2.24, 2.45) is 0 Å². The van der Waals surface area contributed by atoms with Crippen LogP contribution < -0.4 is 31.9 Å². The number of benzene rings is 4. The Hall–Kier alpha value is -7.63. The smallest absolute Gasteiger partial charge is 0.562 e. The van der Waals surface area contributed by atoms with Crippen molar-refractivity contribution in [1.29, 1.82) is 0 Å². The van der Waals surface area contributed by atoms with E-state index in [9.17, 15) is 67.1 Å². The van der Waals surface area contributed by atoms with E-state index in [1.165, 1.54) is 21.6 Å². The Morgan fingerprint density at radius 3 is 1.21 bits per heavy atom. The lowest BCUT2D eigenvalue weighted by Crippen LogP contribution is -3.00. The van der Waals surface area contributed by atoms with E-state index >= 15 is 0 Å². The molecule has 11 aromatic rings. The number of nitrogens with one attached hydrogen (secondary N) is 1. The molecule has 0 amide bonds. The summed E-state index contributed by atoms with van der Waals surface area (Å²) in [6.45, 7) is 0.513. The Kier molecular flexibility index (Phi) is 33.7. The highest BCUT2D eigenvalue weighted by atomic mass is 35.6. The molecule has 4 N–H and O–H groups in total. The summed E-state index contributed by atoms with van der Waals surface area (Å²) in [6.07, 6.45) is -15.6. The second-order valence-corrected chi connectivity index (χ2v) is 27.6. The number of carbonyl (C=O) groups excluding carboxylic acids is 3. The molecule has 11 rings (SSSR count). The number of hydrogen-bond donors (Lipinski definition) is 3. The van der Waals surface area contributed by atoms with E-state index in [1.807, 2.05) is 54.7 Å². The maximum Gasteiger partial charge on any atom is 0.562 e. The van der Waals surface area contributed by atoms with Crippen LogP contribution in [-0.2, 0) is 34.2 Å². The Labute approximate surface area is 612 Å². The number of halogens is 17. The van der Waals surface area contributed by atoms with Crippen molar-refractivity contribution in [1.82, 2.24) is 70.6 Å². The van der Waals surface area contributed by atoms with Crippen molar-refractivity contribution in [3.63, 3.8) is 0 Å². The van der Waals surface area contributed by atoms with Crippen LogP contribution in [0.3, 0.4) is 0 Å². The number of aliphatic hydroxyl groups excluding tert-OH is 2. The van der Waals surface area contributed by atoms with E-state index in [2.05, 4.69) is 82.2 Å². The van der Waals surface area contributed by atoms with Crippen molar-refractivity contribution in [2.75, 3.05) is 37.1 Å². The number of pyridine rings is 3. The summed E-state index contributed by atoms with van der Waals surface area (Å²) in [5, 5.41) is 56.5. The average molecular weight is 1660 g/mol. The maximum atomic E-state index is 12.9. The Morgan fingerprint density at radius 2 is 0.853 bits per heavy atom. The van der Waals surface area contributed by atoms with Crippen LogP contribution in [0.25, 0.3) is 44.1 Å². The summed E-state index contributed by atoms with van der Waals surface area (Å²) in [4.78, 5) is 60.5. The topological polar surface area (TPSA) is 321 Å². The molecular formula is C53H40Cl5F12N15O11S6. The monoisotopic (exact) mass is 1660 g/mol. The third-order valence-electron chi connectivity index (χ3n) is 10.8. The average Bonchev–Trinajstić information content (AvgIpc) is 1.64. The zero-order valence-corrected chi connectivity index (χ0v) is 58.5. The van der Waals surface area contributed by atoms with Gasteiger partial charge in [0.15, 0.2) is 6.20 Å². The Balaban J connectivity index is 0.000000235. The summed E-state index contributed by atoms with van der Waals surface area (Å²) in [7, 11) is 9.34. The number of fused-ring (bicyclic) bond motifs is 4. The number of aromatic amines is 1. The fourth-order valence-corrected chi connectivity index (χ4v) is 12.1. The molecule has 4 aromatic carbocycles. The number of carbonyl (C=O) groups is 3. The normalized spacial score (nSPS) is 11.4. The van der Waals surface area contributed by atoms with Gasteiger partial charge in [-0.25, -0.2) is 24.5 Å². The van der Waals surface area contributed by atoms with E-state index in [0.29, 0.717) is 37.3 Å². The molecule has 0 aliphatic carbocycles. The Bertz CT molecular complexity index is 4290. The van der Waals surface area contributed by atoms with Gasteiger partial charge in [-0.2, -0.15) is 57.5 Å². The largest absolute Gasteiger partial charge is 1.00 e. The molecule has 0 fully saturated rings. The highest BCUT2D eigenvalue weighted by Gasteiger charge is 2.35. The summed E-state index contributed by atoms with van der Waals surface area (Å²) in [6, 6.07) is 27.7. The van der Waals surface area contributed by atoms with E-state index < -0.39 is 68.7 Å². The van der Waals surface area contributed by atoms with Gasteiger partial charge >= 0.3 is 46.4 Å². The Morgan fingerprint density at radius 1 is 0.480 bits per heavy atom. The van der Waals surface area contributed by atoms with Gasteiger partial charge in [0, 0.05) is 64.2 Å². The van der Waals surface area contributed by atoms with Gasteiger partial charge in [0.1, 0.15) is 60.8 Å². The van der Waals surface area contributed by atoms with Crippen molar-refractivity contribution in [3.8, 4) is 0 Å². The molecule has 0 spiro atoms. The van der Waals surface area contributed by atoms with Crippen LogP contribution in [0.4, 0.5) is 67.1 Å². The maximum absolute atomic E-state index is 12.9.